The molecule has 10 heteroatoms. The second kappa shape index (κ2) is 9.61. The molecule has 1 atom stereocenters. The molecule has 0 aromatic heterocycles. The molecule has 2 N–H and O–H groups in total. The molecule has 0 aliphatic carbocycles. The number of anilines is 2. The molecule has 2 aromatic carbocycles. The zero-order valence-electron chi connectivity index (χ0n) is 17.4. The number of amides is 2. The summed E-state index contributed by atoms with van der Waals surface area (Å²) in [6.45, 7) is 1.82. The van der Waals surface area contributed by atoms with Gasteiger partial charge in [0.05, 0.1) is 30.6 Å². The first kappa shape index (κ1) is 23.0. The number of carbonyl (C=O) groups excluding carboxylic acids is 2. The Balaban J connectivity index is 1.67. The van der Waals surface area contributed by atoms with Crippen molar-refractivity contribution in [3.05, 3.63) is 36.4 Å². The number of ether oxygens (including phenoxy) is 2. The first-order valence-corrected chi connectivity index (χ1v) is 12.2. The third-order valence-corrected chi connectivity index (χ3v) is 7.82. The van der Waals surface area contributed by atoms with E-state index in [4.69, 9.17) is 9.47 Å². The lowest BCUT2D eigenvalue weighted by molar-refractivity contribution is -0.118. The standard InChI is InChI=1S/C21H24N2O6S2/c1-13-12-30-19-7-5-15(11-16(19)23-21(13)25)31(26,27)9-8-20(24)22-14-4-6-17(28-2)18(10-14)29-3/h4-7,10-11,13H,8-9,12H2,1-3H3,(H,22,24)(H,23,25)/t13-/m1/s1. The Kier molecular flexibility index (Phi) is 7.11. The van der Waals surface area contributed by atoms with E-state index in [9.17, 15) is 18.0 Å². The largest absolute Gasteiger partial charge is 0.493 e. The summed E-state index contributed by atoms with van der Waals surface area (Å²) in [4.78, 5) is 25.3. The summed E-state index contributed by atoms with van der Waals surface area (Å²) < 4.78 is 35.9. The van der Waals surface area contributed by atoms with Crippen LogP contribution in [0.25, 0.3) is 0 Å². The minimum Gasteiger partial charge on any atom is -0.493 e. The molecule has 1 aliphatic rings. The van der Waals surface area contributed by atoms with Gasteiger partial charge in [-0.2, -0.15) is 0 Å². The van der Waals surface area contributed by atoms with E-state index in [1.54, 1.807) is 24.3 Å². The fourth-order valence-corrected chi connectivity index (χ4v) is 5.23. The molecule has 2 amide bonds. The number of sulfone groups is 1. The van der Waals surface area contributed by atoms with Crippen LogP contribution in [0.5, 0.6) is 11.5 Å². The molecule has 3 rings (SSSR count). The second-order valence-electron chi connectivity index (χ2n) is 7.05. The molecule has 0 radical (unpaired) electrons. The fraction of sp³-hybridized carbons (Fsp3) is 0.333. The number of thioether (sulfide) groups is 1. The van der Waals surface area contributed by atoms with E-state index in [0.717, 1.165) is 4.90 Å². The lowest BCUT2D eigenvalue weighted by Gasteiger charge is -2.11. The Morgan fingerprint density at radius 3 is 2.61 bits per heavy atom. The van der Waals surface area contributed by atoms with E-state index in [2.05, 4.69) is 10.6 Å². The SMILES string of the molecule is COc1ccc(NC(=O)CCS(=O)(=O)c2ccc3c(c2)NC(=O)[C@H](C)CS3)cc1OC. The molecule has 0 unspecified atom stereocenters. The number of hydrogen-bond donors (Lipinski definition) is 2. The number of carbonyl (C=O) groups is 2. The minimum atomic E-state index is -3.71. The maximum absolute atomic E-state index is 12.8. The molecule has 31 heavy (non-hydrogen) atoms. The predicted octanol–water partition coefficient (Wildman–Crippen LogP) is 3.19. The zero-order valence-corrected chi connectivity index (χ0v) is 19.1. The van der Waals surface area contributed by atoms with Crippen molar-refractivity contribution in [3.63, 3.8) is 0 Å². The summed E-state index contributed by atoms with van der Waals surface area (Å²) in [7, 11) is -0.721. The molecule has 166 valence electrons. The van der Waals surface area contributed by atoms with Crippen molar-refractivity contribution in [2.75, 3.05) is 36.4 Å². The predicted molar refractivity (Wildman–Crippen MR) is 120 cm³/mol. The minimum absolute atomic E-state index is 0.0700. The monoisotopic (exact) mass is 464 g/mol. The van der Waals surface area contributed by atoms with Gasteiger partial charge in [0.2, 0.25) is 11.8 Å². The van der Waals surface area contributed by atoms with Crippen LogP contribution in [0.4, 0.5) is 11.4 Å². The third-order valence-electron chi connectivity index (χ3n) is 4.77. The zero-order chi connectivity index (χ0) is 22.6. The van der Waals surface area contributed by atoms with Crippen LogP contribution in [0, 0.1) is 5.92 Å². The molecule has 1 heterocycles. The number of nitrogens with one attached hydrogen (secondary N) is 2. The van der Waals surface area contributed by atoms with Crippen molar-refractivity contribution < 1.29 is 27.5 Å². The lowest BCUT2D eigenvalue weighted by atomic mass is 10.2. The highest BCUT2D eigenvalue weighted by molar-refractivity contribution is 7.99. The maximum atomic E-state index is 12.8. The highest BCUT2D eigenvalue weighted by Crippen LogP contribution is 2.34. The van der Waals surface area contributed by atoms with Gasteiger partial charge in [-0.25, -0.2) is 8.42 Å². The molecule has 0 bridgehead atoms. The van der Waals surface area contributed by atoms with Crippen LogP contribution < -0.4 is 20.1 Å². The molecular weight excluding hydrogens is 440 g/mol. The summed E-state index contributed by atoms with van der Waals surface area (Å²) in [5.41, 5.74) is 0.953. The normalized spacial score (nSPS) is 16.0. The highest BCUT2D eigenvalue weighted by Gasteiger charge is 2.23. The van der Waals surface area contributed by atoms with E-state index in [0.29, 0.717) is 28.6 Å². The number of benzene rings is 2. The lowest BCUT2D eigenvalue weighted by Crippen LogP contribution is -2.20. The van der Waals surface area contributed by atoms with E-state index >= 15 is 0 Å². The van der Waals surface area contributed by atoms with Crippen LogP contribution in [0.1, 0.15) is 13.3 Å². The molecule has 0 saturated carbocycles. The molecule has 0 fully saturated rings. The van der Waals surface area contributed by atoms with Gasteiger partial charge in [-0.05, 0) is 30.3 Å². The van der Waals surface area contributed by atoms with Crippen molar-refractivity contribution in [2.45, 2.75) is 23.1 Å². The van der Waals surface area contributed by atoms with Crippen LogP contribution >= 0.6 is 11.8 Å². The number of fused-ring (bicyclic) bond motifs is 1. The summed E-state index contributed by atoms with van der Waals surface area (Å²) in [6, 6.07) is 9.54. The first-order chi connectivity index (χ1) is 14.7. The van der Waals surface area contributed by atoms with Crippen molar-refractivity contribution in [3.8, 4) is 11.5 Å². The van der Waals surface area contributed by atoms with E-state index < -0.39 is 15.7 Å². The van der Waals surface area contributed by atoms with E-state index in [1.165, 1.54) is 38.1 Å². The van der Waals surface area contributed by atoms with Gasteiger partial charge >= 0.3 is 0 Å². The highest BCUT2D eigenvalue weighted by atomic mass is 32.2. The van der Waals surface area contributed by atoms with Crippen LogP contribution in [0.2, 0.25) is 0 Å². The average molecular weight is 465 g/mol. The third kappa shape index (κ3) is 5.50. The Hall–Kier alpha value is -2.72. The van der Waals surface area contributed by atoms with Gasteiger partial charge in [0.25, 0.3) is 0 Å². The molecule has 0 spiro atoms. The fourth-order valence-electron chi connectivity index (χ4n) is 2.95. The average Bonchev–Trinajstić information content (AvgIpc) is 2.90. The summed E-state index contributed by atoms with van der Waals surface area (Å²) in [5, 5.41) is 5.44. The van der Waals surface area contributed by atoms with Crippen LogP contribution in [-0.2, 0) is 19.4 Å². The van der Waals surface area contributed by atoms with Gasteiger partial charge in [-0.3, -0.25) is 9.59 Å². The Labute approximate surface area is 185 Å². The van der Waals surface area contributed by atoms with Crippen molar-refractivity contribution >= 4 is 44.8 Å². The molecular formula is C21H24N2O6S2. The summed E-state index contributed by atoms with van der Waals surface area (Å²) in [5.74, 6) is 0.484. The topological polar surface area (TPSA) is 111 Å². The van der Waals surface area contributed by atoms with E-state index in [1.807, 2.05) is 6.92 Å². The van der Waals surface area contributed by atoms with E-state index in [-0.39, 0.29) is 28.9 Å². The van der Waals surface area contributed by atoms with Crippen molar-refractivity contribution in [1.82, 2.24) is 0 Å². The summed E-state index contributed by atoms with van der Waals surface area (Å²) in [6.07, 6.45) is -0.216. The molecule has 1 aliphatic heterocycles. The van der Waals surface area contributed by atoms with Gasteiger partial charge in [0, 0.05) is 34.7 Å². The number of methoxy groups -OCH3 is 2. The van der Waals surface area contributed by atoms with Crippen LogP contribution in [0.3, 0.4) is 0 Å². The molecule has 0 saturated heterocycles. The first-order valence-electron chi connectivity index (χ1n) is 9.56. The van der Waals surface area contributed by atoms with Crippen molar-refractivity contribution in [1.29, 1.82) is 0 Å². The van der Waals surface area contributed by atoms with Gasteiger partial charge < -0.3 is 20.1 Å². The second-order valence-corrected chi connectivity index (χ2v) is 10.2. The Morgan fingerprint density at radius 2 is 1.90 bits per heavy atom. The quantitative estimate of drug-likeness (QED) is 0.647. The number of hydrogen-bond acceptors (Lipinski definition) is 7. The van der Waals surface area contributed by atoms with Crippen LogP contribution in [0.15, 0.2) is 46.2 Å². The van der Waals surface area contributed by atoms with Gasteiger partial charge in [-0.15, -0.1) is 11.8 Å². The smallest absolute Gasteiger partial charge is 0.228 e. The van der Waals surface area contributed by atoms with Gasteiger partial charge in [-0.1, -0.05) is 6.92 Å². The molecule has 8 nitrogen and oxygen atoms in total. The van der Waals surface area contributed by atoms with Crippen LogP contribution in [-0.4, -0.2) is 46.0 Å². The summed E-state index contributed by atoms with van der Waals surface area (Å²) >= 11 is 1.50. The van der Waals surface area contributed by atoms with Gasteiger partial charge in [0.1, 0.15) is 0 Å². The van der Waals surface area contributed by atoms with Gasteiger partial charge in [0.15, 0.2) is 21.3 Å². The maximum Gasteiger partial charge on any atom is 0.228 e. The van der Waals surface area contributed by atoms with Crippen molar-refractivity contribution in [2.24, 2.45) is 5.92 Å². The Bertz CT molecular complexity index is 1100. The number of rotatable bonds is 7. The Morgan fingerprint density at radius 1 is 1.16 bits per heavy atom. The molecule has 2 aromatic rings.